The number of ether oxygens (including phenoxy) is 3. The maximum absolute atomic E-state index is 12.5. The minimum atomic E-state index is -0.0869. The Morgan fingerprint density at radius 2 is 1.64 bits per heavy atom. The number of nitrogens with zero attached hydrogens (tertiary/aromatic N) is 1. The topological polar surface area (TPSA) is 49.7 Å². The summed E-state index contributed by atoms with van der Waals surface area (Å²) in [5, 5.41) is 1.07. The van der Waals surface area contributed by atoms with Crippen molar-refractivity contribution in [1.29, 1.82) is 0 Å². The number of carbonyl (C=O) groups excluding carboxylic acids is 1. The monoisotopic (exact) mass is 337 g/mol. The van der Waals surface area contributed by atoms with Crippen molar-refractivity contribution in [2.45, 2.75) is 12.5 Å². The smallest absolute Gasteiger partial charge is 0.203 e. The van der Waals surface area contributed by atoms with Crippen molar-refractivity contribution in [2.75, 3.05) is 21.3 Å². The van der Waals surface area contributed by atoms with Crippen LogP contribution in [0, 0.1) is 0 Å². The van der Waals surface area contributed by atoms with Crippen molar-refractivity contribution in [3.8, 4) is 17.2 Å². The van der Waals surface area contributed by atoms with Gasteiger partial charge in [0, 0.05) is 17.3 Å². The summed E-state index contributed by atoms with van der Waals surface area (Å²) in [7, 11) is 4.77. The normalized spacial score (nSPS) is 16.1. The summed E-state index contributed by atoms with van der Waals surface area (Å²) in [5.74, 6) is 1.88. The molecule has 0 spiro atoms. The van der Waals surface area contributed by atoms with Gasteiger partial charge in [-0.25, -0.2) is 0 Å². The van der Waals surface area contributed by atoms with E-state index in [2.05, 4.69) is 4.57 Å². The molecule has 0 saturated carbocycles. The predicted molar refractivity (Wildman–Crippen MR) is 95.1 cm³/mol. The largest absolute Gasteiger partial charge is 0.493 e. The van der Waals surface area contributed by atoms with Gasteiger partial charge >= 0.3 is 0 Å². The first-order chi connectivity index (χ1) is 12.2. The van der Waals surface area contributed by atoms with E-state index in [1.807, 2.05) is 42.5 Å². The van der Waals surface area contributed by atoms with Crippen LogP contribution in [0.2, 0.25) is 0 Å². The van der Waals surface area contributed by atoms with Gasteiger partial charge in [-0.3, -0.25) is 4.79 Å². The molecule has 0 amide bonds. The van der Waals surface area contributed by atoms with Gasteiger partial charge in [-0.15, -0.1) is 0 Å². The molecule has 25 heavy (non-hydrogen) atoms. The lowest BCUT2D eigenvalue weighted by molar-refractivity contribution is 0.0991. The third kappa shape index (κ3) is 2.27. The molecular weight excluding hydrogens is 318 g/mol. The van der Waals surface area contributed by atoms with Gasteiger partial charge in [0.15, 0.2) is 17.3 Å². The highest BCUT2D eigenvalue weighted by atomic mass is 16.5. The van der Waals surface area contributed by atoms with Gasteiger partial charge < -0.3 is 18.8 Å². The van der Waals surface area contributed by atoms with Crippen LogP contribution >= 0.6 is 0 Å². The quantitative estimate of drug-likeness (QED) is 0.726. The van der Waals surface area contributed by atoms with Gasteiger partial charge in [-0.1, -0.05) is 18.2 Å². The molecule has 1 aliphatic heterocycles. The Bertz CT molecular complexity index is 948. The fourth-order valence-corrected chi connectivity index (χ4v) is 3.66. The second-order valence-corrected chi connectivity index (χ2v) is 6.06. The lowest BCUT2D eigenvalue weighted by Gasteiger charge is -2.19. The standard InChI is InChI=1S/C20H19NO4/c1-23-18-9-13(10-19(24-2)20(18)25-3)15-11-17(22)16-8-12-6-4-5-7-14(12)21(15)16/h4-10,15H,11H2,1-3H3/t15-/m0/s1. The molecule has 0 fully saturated rings. The van der Waals surface area contributed by atoms with Gasteiger partial charge in [0.25, 0.3) is 0 Å². The van der Waals surface area contributed by atoms with Crippen molar-refractivity contribution in [1.82, 2.24) is 4.57 Å². The number of carbonyl (C=O) groups is 1. The zero-order valence-corrected chi connectivity index (χ0v) is 14.4. The van der Waals surface area contributed by atoms with Crippen molar-refractivity contribution in [2.24, 2.45) is 0 Å². The van der Waals surface area contributed by atoms with Gasteiger partial charge in [0.2, 0.25) is 5.75 Å². The molecular formula is C20H19NO4. The summed E-state index contributed by atoms with van der Waals surface area (Å²) >= 11 is 0. The molecule has 5 heteroatoms. The molecule has 5 nitrogen and oxygen atoms in total. The second kappa shape index (κ2) is 5.84. The highest BCUT2D eigenvalue weighted by molar-refractivity contribution is 6.03. The van der Waals surface area contributed by atoms with Crippen LogP contribution in [-0.2, 0) is 0 Å². The zero-order chi connectivity index (χ0) is 17.6. The summed E-state index contributed by atoms with van der Waals surface area (Å²) in [6.45, 7) is 0. The molecule has 0 radical (unpaired) electrons. The van der Waals surface area contributed by atoms with E-state index in [4.69, 9.17) is 14.2 Å². The summed E-state index contributed by atoms with van der Waals surface area (Å²) in [5.41, 5.74) is 2.77. The Labute approximate surface area is 145 Å². The molecule has 1 aromatic heterocycles. The van der Waals surface area contributed by atoms with Crippen LogP contribution in [0.5, 0.6) is 17.2 Å². The molecule has 2 heterocycles. The van der Waals surface area contributed by atoms with Gasteiger partial charge in [0.1, 0.15) is 0 Å². The summed E-state index contributed by atoms with van der Waals surface area (Å²) in [6, 6.07) is 13.8. The van der Waals surface area contributed by atoms with Crippen molar-refractivity contribution in [3.05, 3.63) is 53.7 Å². The van der Waals surface area contributed by atoms with E-state index in [-0.39, 0.29) is 11.8 Å². The summed E-state index contributed by atoms with van der Waals surface area (Å²) < 4.78 is 18.4. The van der Waals surface area contributed by atoms with E-state index >= 15 is 0 Å². The van der Waals surface area contributed by atoms with E-state index in [1.54, 1.807) is 21.3 Å². The molecule has 0 N–H and O–H groups in total. The number of methoxy groups -OCH3 is 3. The number of para-hydroxylation sites is 1. The molecule has 1 atom stereocenters. The van der Waals surface area contributed by atoms with E-state index < -0.39 is 0 Å². The summed E-state index contributed by atoms with van der Waals surface area (Å²) in [4.78, 5) is 12.5. The molecule has 4 rings (SSSR count). The van der Waals surface area contributed by atoms with Crippen LogP contribution in [0.25, 0.3) is 10.9 Å². The number of benzene rings is 2. The molecule has 0 saturated heterocycles. The Morgan fingerprint density at radius 1 is 0.960 bits per heavy atom. The van der Waals surface area contributed by atoms with Gasteiger partial charge in [0.05, 0.1) is 33.1 Å². The number of rotatable bonds is 4. The Kier molecular flexibility index (Phi) is 3.64. The Balaban J connectivity index is 1.92. The number of fused-ring (bicyclic) bond motifs is 3. The molecule has 0 aliphatic carbocycles. The fraction of sp³-hybridized carbons (Fsp3) is 0.250. The molecule has 0 unspecified atom stereocenters. The van der Waals surface area contributed by atoms with Crippen LogP contribution in [0.1, 0.15) is 28.5 Å². The van der Waals surface area contributed by atoms with Crippen LogP contribution in [0.15, 0.2) is 42.5 Å². The first-order valence-electron chi connectivity index (χ1n) is 8.11. The number of ketones is 1. The van der Waals surface area contributed by atoms with Crippen molar-refractivity contribution in [3.63, 3.8) is 0 Å². The van der Waals surface area contributed by atoms with Gasteiger partial charge in [-0.2, -0.15) is 0 Å². The molecule has 0 bridgehead atoms. The van der Waals surface area contributed by atoms with Crippen LogP contribution in [-0.4, -0.2) is 31.7 Å². The van der Waals surface area contributed by atoms with Crippen molar-refractivity contribution >= 4 is 16.7 Å². The third-order valence-corrected chi connectivity index (χ3v) is 4.80. The summed E-state index contributed by atoms with van der Waals surface area (Å²) in [6.07, 6.45) is 0.429. The molecule has 2 aromatic carbocycles. The Morgan fingerprint density at radius 3 is 2.28 bits per heavy atom. The van der Waals surface area contributed by atoms with E-state index in [1.165, 1.54) is 0 Å². The number of aromatic nitrogens is 1. The highest BCUT2D eigenvalue weighted by Gasteiger charge is 2.33. The van der Waals surface area contributed by atoms with Crippen molar-refractivity contribution < 1.29 is 19.0 Å². The first kappa shape index (κ1) is 15.6. The Hall–Kier alpha value is -2.95. The van der Waals surface area contributed by atoms with Crippen LogP contribution < -0.4 is 14.2 Å². The third-order valence-electron chi connectivity index (χ3n) is 4.80. The predicted octanol–water partition coefficient (Wildman–Crippen LogP) is 3.84. The van der Waals surface area contributed by atoms with E-state index in [0.29, 0.717) is 23.7 Å². The highest BCUT2D eigenvalue weighted by Crippen LogP contribution is 2.44. The lowest BCUT2D eigenvalue weighted by Crippen LogP contribution is -2.07. The zero-order valence-electron chi connectivity index (χ0n) is 14.4. The maximum atomic E-state index is 12.5. The fourth-order valence-electron chi connectivity index (χ4n) is 3.66. The van der Waals surface area contributed by atoms with E-state index in [9.17, 15) is 4.79 Å². The number of hydrogen-bond donors (Lipinski definition) is 0. The molecule has 128 valence electrons. The second-order valence-electron chi connectivity index (χ2n) is 6.06. The number of Topliss-reactive ketones (excluding diaryl/α,β-unsaturated/α-hetero) is 1. The average molecular weight is 337 g/mol. The minimum Gasteiger partial charge on any atom is -0.493 e. The first-order valence-corrected chi connectivity index (χ1v) is 8.11. The van der Waals surface area contributed by atoms with Crippen LogP contribution in [0.4, 0.5) is 0 Å². The van der Waals surface area contributed by atoms with E-state index in [0.717, 1.165) is 22.2 Å². The van der Waals surface area contributed by atoms with Crippen LogP contribution in [0.3, 0.4) is 0 Å². The average Bonchev–Trinajstić information content (AvgIpc) is 3.18. The lowest BCUT2D eigenvalue weighted by atomic mass is 10.0. The number of hydrogen-bond acceptors (Lipinski definition) is 4. The van der Waals surface area contributed by atoms with Gasteiger partial charge in [-0.05, 0) is 29.8 Å². The SMILES string of the molecule is COc1cc([C@@H]2CC(=O)c3cc4ccccc4n32)cc(OC)c1OC. The minimum absolute atomic E-state index is 0.0869. The molecule has 1 aliphatic rings. The maximum Gasteiger partial charge on any atom is 0.203 e. The molecule has 3 aromatic rings.